The Bertz CT molecular complexity index is 285. The topological polar surface area (TPSA) is 108 Å². The van der Waals surface area contributed by atoms with Crippen molar-refractivity contribution in [1.82, 2.24) is 5.32 Å². The summed E-state index contributed by atoms with van der Waals surface area (Å²) in [5.41, 5.74) is 0. The minimum absolute atomic E-state index is 0.230. The quantitative estimate of drug-likeness (QED) is 0.483. The number of nitrogens with one attached hydrogen (secondary N) is 1. The van der Waals surface area contributed by atoms with Gasteiger partial charge in [-0.3, -0.25) is 4.79 Å². The van der Waals surface area contributed by atoms with Gasteiger partial charge in [0, 0.05) is 13.5 Å². The number of hydrogen-bond donors (Lipinski definition) is 4. The largest absolute Gasteiger partial charge is 0.394 e. The normalized spacial score (nSPS) is 35.1. The lowest BCUT2D eigenvalue weighted by Crippen LogP contribution is -2.64. The molecule has 0 saturated carbocycles. The fourth-order valence-corrected chi connectivity index (χ4v) is 2.03. The average Bonchev–Trinajstić information content (AvgIpc) is 2.42. The molecule has 112 valence electrons. The summed E-state index contributed by atoms with van der Waals surface area (Å²) in [6.45, 7) is 1.54. The SMILES string of the molecule is CCCCC(=O)N[C@H]1[C@H](OC)O[C@H](CO)[C@@H](O)[C@@H]1O. The fraction of sp³-hybridized carbons (Fsp3) is 0.917. The molecule has 7 nitrogen and oxygen atoms in total. The molecule has 1 heterocycles. The molecule has 0 bridgehead atoms. The van der Waals surface area contributed by atoms with Crippen molar-refractivity contribution >= 4 is 5.91 Å². The monoisotopic (exact) mass is 277 g/mol. The van der Waals surface area contributed by atoms with Gasteiger partial charge in [-0.15, -0.1) is 0 Å². The Kier molecular flexibility index (Phi) is 6.67. The number of rotatable bonds is 6. The molecular formula is C12H23NO6. The highest BCUT2D eigenvalue weighted by Crippen LogP contribution is 2.21. The predicted octanol–water partition coefficient (Wildman–Crippen LogP) is -1.25. The Morgan fingerprint density at radius 1 is 1.37 bits per heavy atom. The van der Waals surface area contributed by atoms with Crippen LogP contribution < -0.4 is 5.32 Å². The Hall–Kier alpha value is -0.730. The van der Waals surface area contributed by atoms with E-state index < -0.39 is 37.3 Å². The van der Waals surface area contributed by atoms with Crippen molar-refractivity contribution in [3.63, 3.8) is 0 Å². The molecule has 1 rings (SSSR count). The number of unbranched alkanes of at least 4 members (excludes halogenated alkanes) is 1. The molecule has 7 heteroatoms. The Morgan fingerprint density at radius 3 is 2.58 bits per heavy atom. The number of carbonyl (C=O) groups is 1. The maximum Gasteiger partial charge on any atom is 0.220 e. The molecule has 0 aromatic carbocycles. The standard InChI is InChI=1S/C12H23NO6/c1-3-4-5-8(15)13-9-11(17)10(16)7(6-14)19-12(9)18-2/h7,9-12,14,16-17H,3-6H2,1-2H3,(H,13,15)/t7-,9-,10-,11-,12-/m1/s1. The van der Waals surface area contributed by atoms with Crippen molar-refractivity contribution in [3.8, 4) is 0 Å². The van der Waals surface area contributed by atoms with Crippen LogP contribution in [0.5, 0.6) is 0 Å². The van der Waals surface area contributed by atoms with Gasteiger partial charge in [0.2, 0.25) is 5.91 Å². The Balaban J connectivity index is 2.65. The average molecular weight is 277 g/mol. The molecule has 0 aliphatic carbocycles. The molecule has 0 aromatic heterocycles. The van der Waals surface area contributed by atoms with E-state index in [1.165, 1.54) is 7.11 Å². The number of aliphatic hydroxyl groups is 3. The second-order valence-electron chi connectivity index (χ2n) is 4.64. The van der Waals surface area contributed by atoms with E-state index >= 15 is 0 Å². The summed E-state index contributed by atoms with van der Waals surface area (Å²) in [4.78, 5) is 11.7. The third-order valence-electron chi connectivity index (χ3n) is 3.20. The molecule has 0 unspecified atom stereocenters. The molecule has 0 spiro atoms. The van der Waals surface area contributed by atoms with Crippen molar-refractivity contribution in [1.29, 1.82) is 0 Å². The van der Waals surface area contributed by atoms with Crippen LogP contribution in [0.25, 0.3) is 0 Å². The van der Waals surface area contributed by atoms with Crippen molar-refractivity contribution in [2.24, 2.45) is 0 Å². The minimum atomic E-state index is -1.27. The molecule has 1 aliphatic heterocycles. The molecule has 1 saturated heterocycles. The molecule has 4 N–H and O–H groups in total. The van der Waals surface area contributed by atoms with Gasteiger partial charge < -0.3 is 30.1 Å². The maximum atomic E-state index is 11.7. The minimum Gasteiger partial charge on any atom is -0.394 e. The van der Waals surface area contributed by atoms with Crippen LogP contribution in [0.4, 0.5) is 0 Å². The maximum absolute atomic E-state index is 11.7. The van der Waals surface area contributed by atoms with Crippen LogP contribution in [0.3, 0.4) is 0 Å². The van der Waals surface area contributed by atoms with Gasteiger partial charge in [0.25, 0.3) is 0 Å². The van der Waals surface area contributed by atoms with Crippen LogP contribution >= 0.6 is 0 Å². The van der Waals surface area contributed by atoms with Crippen molar-refractivity contribution in [2.75, 3.05) is 13.7 Å². The summed E-state index contributed by atoms with van der Waals surface area (Å²) in [5, 5.41) is 31.4. The number of hydrogen-bond acceptors (Lipinski definition) is 6. The van der Waals surface area contributed by atoms with E-state index in [0.717, 1.165) is 12.8 Å². The van der Waals surface area contributed by atoms with Gasteiger partial charge in [0.1, 0.15) is 24.4 Å². The number of aliphatic hydroxyl groups excluding tert-OH is 3. The van der Waals surface area contributed by atoms with E-state index in [1.807, 2.05) is 6.92 Å². The predicted molar refractivity (Wildman–Crippen MR) is 66.2 cm³/mol. The highest BCUT2D eigenvalue weighted by atomic mass is 16.7. The zero-order valence-electron chi connectivity index (χ0n) is 11.3. The molecule has 1 amide bonds. The van der Waals surface area contributed by atoms with Gasteiger partial charge in [-0.25, -0.2) is 0 Å². The summed E-state index contributed by atoms with van der Waals surface area (Å²) in [5.74, 6) is -0.230. The summed E-state index contributed by atoms with van der Waals surface area (Å²) in [7, 11) is 1.37. The lowest BCUT2D eigenvalue weighted by Gasteiger charge is -2.41. The van der Waals surface area contributed by atoms with E-state index in [0.29, 0.717) is 6.42 Å². The zero-order chi connectivity index (χ0) is 14.4. The molecular weight excluding hydrogens is 254 g/mol. The fourth-order valence-electron chi connectivity index (χ4n) is 2.03. The third-order valence-corrected chi connectivity index (χ3v) is 3.20. The van der Waals surface area contributed by atoms with Gasteiger partial charge in [0.15, 0.2) is 6.29 Å². The summed E-state index contributed by atoms with van der Waals surface area (Å²) < 4.78 is 10.3. The van der Waals surface area contributed by atoms with Gasteiger partial charge in [0.05, 0.1) is 6.61 Å². The first-order chi connectivity index (χ1) is 9.04. The Labute approximate surface area is 112 Å². The van der Waals surface area contributed by atoms with Crippen LogP contribution in [-0.2, 0) is 14.3 Å². The summed E-state index contributed by atoms with van der Waals surface area (Å²) >= 11 is 0. The molecule has 1 aliphatic rings. The second kappa shape index (κ2) is 7.76. The van der Waals surface area contributed by atoms with Crippen LogP contribution in [-0.4, -0.2) is 65.6 Å². The lowest BCUT2D eigenvalue weighted by molar-refractivity contribution is -0.262. The van der Waals surface area contributed by atoms with Gasteiger partial charge in [-0.2, -0.15) is 0 Å². The van der Waals surface area contributed by atoms with E-state index in [1.54, 1.807) is 0 Å². The molecule has 0 radical (unpaired) electrons. The number of methoxy groups -OCH3 is 1. The van der Waals surface area contributed by atoms with E-state index in [4.69, 9.17) is 14.6 Å². The van der Waals surface area contributed by atoms with Crippen molar-refractivity contribution in [3.05, 3.63) is 0 Å². The zero-order valence-corrected chi connectivity index (χ0v) is 11.3. The van der Waals surface area contributed by atoms with E-state index in [2.05, 4.69) is 5.32 Å². The number of carbonyl (C=O) groups excluding carboxylic acids is 1. The highest BCUT2D eigenvalue weighted by Gasteiger charge is 2.45. The molecule has 5 atom stereocenters. The van der Waals surface area contributed by atoms with Crippen LogP contribution in [0.15, 0.2) is 0 Å². The van der Waals surface area contributed by atoms with Gasteiger partial charge >= 0.3 is 0 Å². The first-order valence-corrected chi connectivity index (χ1v) is 6.49. The van der Waals surface area contributed by atoms with Crippen LogP contribution in [0, 0.1) is 0 Å². The van der Waals surface area contributed by atoms with Gasteiger partial charge in [-0.05, 0) is 6.42 Å². The number of amides is 1. The summed E-state index contributed by atoms with van der Waals surface area (Å²) in [6, 6.07) is -0.854. The van der Waals surface area contributed by atoms with Crippen molar-refractivity contribution in [2.45, 2.75) is 56.8 Å². The molecule has 1 fully saturated rings. The van der Waals surface area contributed by atoms with Crippen LogP contribution in [0.2, 0.25) is 0 Å². The highest BCUT2D eigenvalue weighted by molar-refractivity contribution is 5.76. The second-order valence-corrected chi connectivity index (χ2v) is 4.64. The third kappa shape index (κ3) is 4.12. The van der Waals surface area contributed by atoms with Crippen molar-refractivity contribution < 1.29 is 29.6 Å². The molecule has 19 heavy (non-hydrogen) atoms. The van der Waals surface area contributed by atoms with E-state index in [9.17, 15) is 15.0 Å². The Morgan fingerprint density at radius 2 is 2.05 bits per heavy atom. The van der Waals surface area contributed by atoms with Crippen LogP contribution in [0.1, 0.15) is 26.2 Å². The first-order valence-electron chi connectivity index (χ1n) is 6.49. The molecule has 0 aromatic rings. The van der Waals surface area contributed by atoms with Gasteiger partial charge in [-0.1, -0.05) is 13.3 Å². The number of ether oxygens (including phenoxy) is 2. The summed E-state index contributed by atoms with van der Waals surface area (Å²) in [6.07, 6.45) is -2.37. The first kappa shape index (κ1) is 16.3. The lowest BCUT2D eigenvalue weighted by atomic mass is 9.97. The smallest absolute Gasteiger partial charge is 0.220 e. The van der Waals surface area contributed by atoms with E-state index in [-0.39, 0.29) is 5.91 Å².